The molecule has 1 saturated heterocycles. The topological polar surface area (TPSA) is 76.4 Å². The first-order valence-electron chi connectivity index (χ1n) is 10.1. The van der Waals surface area contributed by atoms with Crippen LogP contribution in [0, 0.1) is 20.8 Å². The number of para-hydroxylation sites is 1. The zero-order chi connectivity index (χ0) is 21.1. The van der Waals surface area contributed by atoms with Crippen molar-refractivity contribution in [3.05, 3.63) is 59.4 Å². The number of hydrogen-bond acceptors (Lipinski definition) is 6. The SMILES string of the molecule is Cc1cc(C)n(-c2ccc(N3CCN(C(=O)COc4ccccc4C)CC3)nn2)n1. The fraction of sp³-hybridized carbons (Fsp3) is 0.364. The average molecular weight is 406 g/mol. The normalized spacial score (nSPS) is 14.1. The van der Waals surface area contributed by atoms with Crippen LogP contribution in [0.3, 0.4) is 0 Å². The molecule has 8 nitrogen and oxygen atoms in total. The third kappa shape index (κ3) is 4.27. The lowest BCUT2D eigenvalue weighted by molar-refractivity contribution is -0.133. The second-order valence-corrected chi connectivity index (χ2v) is 7.51. The number of aryl methyl sites for hydroxylation is 3. The summed E-state index contributed by atoms with van der Waals surface area (Å²) in [6.45, 7) is 8.68. The first-order valence-corrected chi connectivity index (χ1v) is 10.1. The highest BCUT2D eigenvalue weighted by Crippen LogP contribution is 2.18. The summed E-state index contributed by atoms with van der Waals surface area (Å²) in [5.74, 6) is 2.27. The predicted octanol–water partition coefficient (Wildman–Crippen LogP) is 2.32. The summed E-state index contributed by atoms with van der Waals surface area (Å²) < 4.78 is 7.48. The number of amides is 1. The minimum atomic E-state index is 0.00358. The Hall–Kier alpha value is -3.42. The molecule has 0 radical (unpaired) electrons. The zero-order valence-corrected chi connectivity index (χ0v) is 17.6. The highest BCUT2D eigenvalue weighted by atomic mass is 16.5. The summed E-state index contributed by atoms with van der Waals surface area (Å²) in [6.07, 6.45) is 0. The lowest BCUT2D eigenvalue weighted by atomic mass is 10.2. The molecule has 3 heterocycles. The first-order chi connectivity index (χ1) is 14.5. The number of ether oxygens (including phenoxy) is 1. The summed E-state index contributed by atoms with van der Waals surface area (Å²) in [5, 5.41) is 13.1. The maximum Gasteiger partial charge on any atom is 0.260 e. The van der Waals surface area contributed by atoms with E-state index >= 15 is 0 Å². The highest BCUT2D eigenvalue weighted by molar-refractivity contribution is 5.78. The van der Waals surface area contributed by atoms with Crippen LogP contribution in [0.2, 0.25) is 0 Å². The minimum Gasteiger partial charge on any atom is -0.484 e. The van der Waals surface area contributed by atoms with Gasteiger partial charge in [0.25, 0.3) is 5.91 Å². The van der Waals surface area contributed by atoms with Crippen molar-refractivity contribution in [2.75, 3.05) is 37.7 Å². The first kappa shape index (κ1) is 19.9. The summed E-state index contributed by atoms with van der Waals surface area (Å²) in [6, 6.07) is 13.6. The molecule has 1 aliphatic heterocycles. The lowest BCUT2D eigenvalue weighted by Gasteiger charge is -2.35. The van der Waals surface area contributed by atoms with E-state index in [1.54, 1.807) is 4.68 Å². The van der Waals surface area contributed by atoms with Crippen LogP contribution in [0.15, 0.2) is 42.5 Å². The molecule has 0 saturated carbocycles. The minimum absolute atomic E-state index is 0.00358. The summed E-state index contributed by atoms with van der Waals surface area (Å²) in [7, 11) is 0. The molecule has 1 amide bonds. The van der Waals surface area contributed by atoms with Crippen molar-refractivity contribution in [3.63, 3.8) is 0 Å². The second kappa shape index (κ2) is 8.52. The number of piperazine rings is 1. The van der Waals surface area contributed by atoms with Crippen LogP contribution in [0.25, 0.3) is 5.82 Å². The van der Waals surface area contributed by atoms with Crippen molar-refractivity contribution in [1.29, 1.82) is 0 Å². The molecule has 0 atom stereocenters. The number of nitrogens with zero attached hydrogens (tertiary/aromatic N) is 6. The molecule has 3 aromatic rings. The summed E-state index contributed by atoms with van der Waals surface area (Å²) >= 11 is 0. The van der Waals surface area contributed by atoms with Crippen LogP contribution in [-0.4, -0.2) is 63.6 Å². The molecule has 4 rings (SSSR count). The van der Waals surface area contributed by atoms with Crippen LogP contribution in [0.5, 0.6) is 5.75 Å². The molecule has 8 heteroatoms. The maximum absolute atomic E-state index is 12.5. The molecule has 0 bridgehead atoms. The largest absolute Gasteiger partial charge is 0.484 e. The molecule has 1 aromatic carbocycles. The molecule has 2 aromatic heterocycles. The van der Waals surface area contributed by atoms with E-state index in [1.165, 1.54) is 0 Å². The Balaban J connectivity index is 1.31. The van der Waals surface area contributed by atoms with Crippen LogP contribution in [0.4, 0.5) is 5.82 Å². The van der Waals surface area contributed by atoms with E-state index in [0.717, 1.165) is 28.5 Å². The van der Waals surface area contributed by atoms with Crippen LogP contribution < -0.4 is 9.64 Å². The van der Waals surface area contributed by atoms with Crippen LogP contribution in [-0.2, 0) is 4.79 Å². The van der Waals surface area contributed by atoms with Gasteiger partial charge in [-0.25, -0.2) is 4.68 Å². The van der Waals surface area contributed by atoms with Gasteiger partial charge in [0.15, 0.2) is 18.2 Å². The predicted molar refractivity (Wildman–Crippen MR) is 114 cm³/mol. The molecule has 1 fully saturated rings. The fourth-order valence-electron chi connectivity index (χ4n) is 3.59. The highest BCUT2D eigenvalue weighted by Gasteiger charge is 2.22. The van der Waals surface area contributed by atoms with Crippen molar-refractivity contribution < 1.29 is 9.53 Å². The van der Waals surface area contributed by atoms with E-state index in [1.807, 2.05) is 68.1 Å². The molecule has 0 unspecified atom stereocenters. The second-order valence-electron chi connectivity index (χ2n) is 7.51. The van der Waals surface area contributed by atoms with E-state index in [9.17, 15) is 4.79 Å². The van der Waals surface area contributed by atoms with Gasteiger partial charge in [0.2, 0.25) is 0 Å². The summed E-state index contributed by atoms with van der Waals surface area (Å²) in [4.78, 5) is 16.5. The van der Waals surface area contributed by atoms with E-state index in [2.05, 4.69) is 20.2 Å². The fourth-order valence-corrected chi connectivity index (χ4v) is 3.59. The zero-order valence-electron chi connectivity index (χ0n) is 17.6. The summed E-state index contributed by atoms with van der Waals surface area (Å²) in [5.41, 5.74) is 3.00. The standard InChI is InChI=1S/C22H26N6O2/c1-16-6-4-5-7-19(16)30-15-22(29)27-12-10-26(11-13-27)20-8-9-21(24-23-20)28-18(3)14-17(2)25-28/h4-9,14H,10-13,15H2,1-3H3. The molecule has 0 aliphatic carbocycles. The van der Waals surface area contributed by atoms with Crippen molar-refractivity contribution in [1.82, 2.24) is 24.9 Å². The van der Waals surface area contributed by atoms with Gasteiger partial charge in [-0.3, -0.25) is 4.79 Å². The molecule has 1 aliphatic rings. The van der Waals surface area contributed by atoms with Gasteiger partial charge < -0.3 is 14.5 Å². The molecule has 30 heavy (non-hydrogen) atoms. The Morgan fingerprint density at radius 3 is 2.30 bits per heavy atom. The quantitative estimate of drug-likeness (QED) is 0.647. The third-order valence-electron chi connectivity index (χ3n) is 5.26. The van der Waals surface area contributed by atoms with Crippen LogP contribution >= 0.6 is 0 Å². The number of rotatable bonds is 5. The molecular formula is C22H26N6O2. The molecule has 0 N–H and O–H groups in total. The average Bonchev–Trinajstić information content (AvgIpc) is 3.11. The van der Waals surface area contributed by atoms with E-state index in [0.29, 0.717) is 32.0 Å². The smallest absolute Gasteiger partial charge is 0.260 e. The van der Waals surface area contributed by atoms with Crippen molar-refractivity contribution in [2.45, 2.75) is 20.8 Å². The van der Waals surface area contributed by atoms with Crippen molar-refractivity contribution >= 4 is 11.7 Å². The van der Waals surface area contributed by atoms with Crippen LogP contribution in [0.1, 0.15) is 17.0 Å². The molecule has 0 spiro atoms. The Morgan fingerprint density at radius 2 is 1.67 bits per heavy atom. The van der Waals surface area contributed by atoms with Gasteiger partial charge >= 0.3 is 0 Å². The Kier molecular flexibility index (Phi) is 5.65. The lowest BCUT2D eigenvalue weighted by Crippen LogP contribution is -2.50. The number of anilines is 1. The van der Waals surface area contributed by atoms with E-state index in [4.69, 9.17) is 4.74 Å². The van der Waals surface area contributed by atoms with E-state index in [-0.39, 0.29) is 12.5 Å². The third-order valence-corrected chi connectivity index (χ3v) is 5.26. The Morgan fingerprint density at radius 1 is 0.967 bits per heavy atom. The van der Waals surface area contributed by atoms with Gasteiger partial charge in [-0.1, -0.05) is 18.2 Å². The van der Waals surface area contributed by atoms with Crippen molar-refractivity contribution in [3.8, 4) is 11.6 Å². The monoisotopic (exact) mass is 406 g/mol. The Bertz CT molecular complexity index is 1020. The van der Waals surface area contributed by atoms with Gasteiger partial charge in [0, 0.05) is 31.9 Å². The number of carbonyl (C=O) groups is 1. The number of benzene rings is 1. The number of carbonyl (C=O) groups excluding carboxylic acids is 1. The van der Waals surface area contributed by atoms with Gasteiger partial charge in [-0.2, -0.15) is 5.10 Å². The van der Waals surface area contributed by atoms with Gasteiger partial charge in [-0.15, -0.1) is 10.2 Å². The number of hydrogen-bond donors (Lipinski definition) is 0. The van der Waals surface area contributed by atoms with Gasteiger partial charge in [-0.05, 0) is 50.6 Å². The molecule has 156 valence electrons. The Labute approximate surface area is 176 Å². The van der Waals surface area contributed by atoms with Gasteiger partial charge in [0.1, 0.15) is 5.75 Å². The van der Waals surface area contributed by atoms with E-state index < -0.39 is 0 Å². The van der Waals surface area contributed by atoms with Crippen molar-refractivity contribution in [2.24, 2.45) is 0 Å². The molecular weight excluding hydrogens is 380 g/mol. The number of aromatic nitrogens is 4. The van der Waals surface area contributed by atoms with Gasteiger partial charge in [0.05, 0.1) is 5.69 Å². The maximum atomic E-state index is 12.5.